The largest absolute Gasteiger partial charge is 0.506 e. The van der Waals surface area contributed by atoms with Crippen LogP contribution in [0.15, 0.2) is 66.7 Å². The number of benzene rings is 3. The van der Waals surface area contributed by atoms with Gasteiger partial charge in [-0.2, -0.15) is 0 Å². The Labute approximate surface area is 179 Å². The molecule has 0 heterocycles. The third-order valence-corrected chi connectivity index (χ3v) is 4.51. The molecular weight excluding hydrogens is 404 g/mol. The molecule has 30 heavy (non-hydrogen) atoms. The first-order valence-electron chi connectivity index (χ1n) is 9.43. The van der Waals surface area contributed by atoms with Gasteiger partial charge in [-0.15, -0.1) is 0 Å². The van der Waals surface area contributed by atoms with Crippen molar-refractivity contribution in [2.45, 2.75) is 13.3 Å². The van der Waals surface area contributed by atoms with Crippen molar-refractivity contribution in [1.82, 2.24) is 5.32 Å². The van der Waals surface area contributed by atoms with Gasteiger partial charge in [-0.05, 0) is 55.0 Å². The lowest BCUT2D eigenvalue weighted by atomic mass is 10.1. The summed E-state index contributed by atoms with van der Waals surface area (Å²) in [4.78, 5) is 25.3. The number of ether oxygens (including phenoxy) is 1. The summed E-state index contributed by atoms with van der Waals surface area (Å²) in [5.74, 6) is 0.198. The van der Waals surface area contributed by atoms with Crippen molar-refractivity contribution < 1.29 is 19.4 Å². The molecular formula is C23H21ClN2O4. The standard InChI is InChI=1S/C23H21ClN2O4/c1-2-12-25-23(29)18-14-17(30-16-6-4-3-5-7-16)9-10-20(18)26-22(28)15-8-11-21(27)19(24)13-15/h3-11,13-14,27H,2,12H2,1H3,(H,25,29)(H,26,28). The van der Waals surface area contributed by atoms with Gasteiger partial charge in [-0.3, -0.25) is 9.59 Å². The summed E-state index contributed by atoms with van der Waals surface area (Å²) >= 11 is 5.89. The SMILES string of the molecule is CCCNC(=O)c1cc(Oc2ccccc2)ccc1NC(=O)c1ccc(O)c(Cl)c1. The van der Waals surface area contributed by atoms with Crippen LogP contribution in [0.4, 0.5) is 5.69 Å². The molecule has 3 aromatic rings. The van der Waals surface area contributed by atoms with Gasteiger partial charge < -0.3 is 20.5 Å². The van der Waals surface area contributed by atoms with E-state index >= 15 is 0 Å². The molecule has 0 aliphatic heterocycles. The molecule has 6 nitrogen and oxygen atoms in total. The van der Waals surface area contributed by atoms with Crippen molar-refractivity contribution in [3.8, 4) is 17.2 Å². The maximum Gasteiger partial charge on any atom is 0.255 e. The highest BCUT2D eigenvalue weighted by atomic mass is 35.5. The minimum Gasteiger partial charge on any atom is -0.506 e. The predicted molar refractivity (Wildman–Crippen MR) is 117 cm³/mol. The summed E-state index contributed by atoms with van der Waals surface area (Å²) in [5.41, 5.74) is 0.857. The van der Waals surface area contributed by atoms with E-state index in [2.05, 4.69) is 10.6 Å². The predicted octanol–water partition coefficient (Wildman–Crippen LogP) is 5.23. The molecule has 0 aliphatic carbocycles. The molecule has 3 aromatic carbocycles. The summed E-state index contributed by atoms with van der Waals surface area (Å²) < 4.78 is 5.81. The Bertz CT molecular complexity index is 1050. The molecule has 3 rings (SSSR count). The number of nitrogens with one attached hydrogen (secondary N) is 2. The van der Waals surface area contributed by atoms with Crippen LogP contribution in [0.2, 0.25) is 5.02 Å². The smallest absolute Gasteiger partial charge is 0.255 e. The van der Waals surface area contributed by atoms with Crippen LogP contribution < -0.4 is 15.4 Å². The van der Waals surface area contributed by atoms with Gasteiger partial charge in [0, 0.05) is 12.1 Å². The number of halogens is 1. The molecule has 7 heteroatoms. The molecule has 2 amide bonds. The first kappa shape index (κ1) is 21.2. The number of aromatic hydroxyl groups is 1. The van der Waals surface area contributed by atoms with Gasteiger partial charge >= 0.3 is 0 Å². The number of carbonyl (C=O) groups is 2. The van der Waals surface area contributed by atoms with Crippen molar-refractivity contribution in [1.29, 1.82) is 0 Å². The molecule has 0 aromatic heterocycles. The second-order valence-corrected chi connectivity index (χ2v) is 6.91. The van der Waals surface area contributed by atoms with E-state index in [4.69, 9.17) is 16.3 Å². The zero-order valence-electron chi connectivity index (χ0n) is 16.3. The number of phenolic OH excluding ortho intramolecular Hbond substituents is 1. The molecule has 0 bridgehead atoms. The van der Waals surface area contributed by atoms with E-state index in [-0.39, 0.29) is 27.8 Å². The van der Waals surface area contributed by atoms with Gasteiger partial charge in [0.15, 0.2) is 0 Å². The van der Waals surface area contributed by atoms with E-state index in [1.165, 1.54) is 18.2 Å². The Morgan fingerprint density at radius 2 is 1.73 bits per heavy atom. The zero-order valence-corrected chi connectivity index (χ0v) is 17.1. The Kier molecular flexibility index (Phi) is 6.93. The number of rotatable bonds is 7. The first-order valence-corrected chi connectivity index (χ1v) is 9.80. The number of hydrogen-bond acceptors (Lipinski definition) is 4. The van der Waals surface area contributed by atoms with Gasteiger partial charge in [0.2, 0.25) is 0 Å². The van der Waals surface area contributed by atoms with Crippen LogP contribution in [-0.4, -0.2) is 23.5 Å². The van der Waals surface area contributed by atoms with E-state index in [9.17, 15) is 14.7 Å². The van der Waals surface area contributed by atoms with Crippen LogP contribution in [0.25, 0.3) is 0 Å². The fourth-order valence-corrected chi connectivity index (χ4v) is 2.87. The van der Waals surface area contributed by atoms with Crippen LogP contribution in [0.5, 0.6) is 17.2 Å². The second kappa shape index (κ2) is 9.80. The van der Waals surface area contributed by atoms with Crippen molar-refractivity contribution in [2.24, 2.45) is 0 Å². The van der Waals surface area contributed by atoms with Crippen LogP contribution in [0.3, 0.4) is 0 Å². The maximum atomic E-state index is 12.7. The molecule has 0 radical (unpaired) electrons. The van der Waals surface area contributed by atoms with Gasteiger partial charge in [-0.25, -0.2) is 0 Å². The molecule has 0 fully saturated rings. The summed E-state index contributed by atoms with van der Waals surface area (Å²) in [6.45, 7) is 2.45. The van der Waals surface area contributed by atoms with Crippen LogP contribution in [0.1, 0.15) is 34.1 Å². The molecule has 0 saturated heterocycles. The summed E-state index contributed by atoms with van der Waals surface area (Å²) in [7, 11) is 0. The summed E-state index contributed by atoms with van der Waals surface area (Å²) in [5, 5.41) is 15.1. The Morgan fingerprint density at radius 3 is 2.43 bits per heavy atom. The average Bonchev–Trinajstić information content (AvgIpc) is 2.75. The van der Waals surface area contributed by atoms with E-state index in [1.54, 1.807) is 30.3 Å². The van der Waals surface area contributed by atoms with Crippen LogP contribution in [-0.2, 0) is 0 Å². The highest BCUT2D eigenvalue weighted by Gasteiger charge is 2.16. The molecule has 0 unspecified atom stereocenters. The van der Waals surface area contributed by atoms with E-state index in [1.807, 2.05) is 25.1 Å². The van der Waals surface area contributed by atoms with E-state index in [0.29, 0.717) is 23.7 Å². The fraction of sp³-hybridized carbons (Fsp3) is 0.130. The van der Waals surface area contributed by atoms with Gasteiger partial charge in [0.1, 0.15) is 17.2 Å². The highest BCUT2D eigenvalue weighted by Crippen LogP contribution is 2.28. The Morgan fingerprint density at radius 1 is 0.967 bits per heavy atom. The molecule has 0 aliphatic rings. The number of anilines is 1. The minimum atomic E-state index is -0.460. The third kappa shape index (κ3) is 5.30. The quantitative estimate of drug-likeness (QED) is 0.484. The molecule has 3 N–H and O–H groups in total. The molecule has 0 saturated carbocycles. The van der Waals surface area contributed by atoms with Crippen molar-refractivity contribution >= 4 is 29.1 Å². The lowest BCUT2D eigenvalue weighted by Crippen LogP contribution is -2.26. The second-order valence-electron chi connectivity index (χ2n) is 6.50. The number of hydrogen-bond donors (Lipinski definition) is 3. The van der Waals surface area contributed by atoms with Crippen molar-refractivity contribution in [3.63, 3.8) is 0 Å². The third-order valence-electron chi connectivity index (χ3n) is 4.21. The lowest BCUT2D eigenvalue weighted by Gasteiger charge is -2.14. The van der Waals surface area contributed by atoms with Gasteiger partial charge in [0.25, 0.3) is 11.8 Å². The normalized spacial score (nSPS) is 10.3. The topological polar surface area (TPSA) is 87.7 Å². The lowest BCUT2D eigenvalue weighted by molar-refractivity contribution is 0.0954. The molecule has 0 atom stereocenters. The molecule has 154 valence electrons. The number of para-hydroxylation sites is 1. The summed E-state index contributed by atoms with van der Waals surface area (Å²) in [6.07, 6.45) is 0.777. The van der Waals surface area contributed by atoms with Crippen LogP contribution >= 0.6 is 11.6 Å². The minimum absolute atomic E-state index is 0.0650. The van der Waals surface area contributed by atoms with Crippen LogP contribution in [0, 0.1) is 0 Å². The van der Waals surface area contributed by atoms with Crippen molar-refractivity contribution in [3.05, 3.63) is 82.9 Å². The number of carbonyl (C=O) groups excluding carboxylic acids is 2. The number of phenols is 1. The monoisotopic (exact) mass is 424 g/mol. The van der Waals surface area contributed by atoms with Gasteiger partial charge in [-0.1, -0.05) is 36.7 Å². The number of amides is 2. The summed E-state index contributed by atoms with van der Waals surface area (Å²) in [6, 6.07) is 18.2. The Hall–Kier alpha value is -3.51. The highest BCUT2D eigenvalue weighted by molar-refractivity contribution is 6.32. The van der Waals surface area contributed by atoms with Gasteiger partial charge in [0.05, 0.1) is 16.3 Å². The molecule has 0 spiro atoms. The van der Waals surface area contributed by atoms with E-state index < -0.39 is 5.91 Å². The maximum absolute atomic E-state index is 12.7. The average molecular weight is 425 g/mol. The Balaban J connectivity index is 1.88. The first-order chi connectivity index (χ1) is 14.5. The zero-order chi connectivity index (χ0) is 21.5. The fourth-order valence-electron chi connectivity index (χ4n) is 2.68. The van der Waals surface area contributed by atoms with Crippen molar-refractivity contribution in [2.75, 3.05) is 11.9 Å². The van der Waals surface area contributed by atoms with E-state index in [0.717, 1.165) is 6.42 Å².